The fourth-order valence-electron chi connectivity index (χ4n) is 3.32. The molecule has 0 aliphatic rings. The number of fused-ring (bicyclic) bond motifs is 1. The summed E-state index contributed by atoms with van der Waals surface area (Å²) >= 11 is 5.08. The summed E-state index contributed by atoms with van der Waals surface area (Å²) in [4.78, 5) is 13.0. The van der Waals surface area contributed by atoms with E-state index in [1.165, 1.54) is 11.3 Å². The molecule has 1 N–H and O–H groups in total. The van der Waals surface area contributed by atoms with E-state index in [0.29, 0.717) is 0 Å². The van der Waals surface area contributed by atoms with E-state index >= 15 is 0 Å². The van der Waals surface area contributed by atoms with E-state index in [4.69, 9.17) is 14.8 Å². The standard InChI is InChI=1S/C24H18BrN5OS/c1-31-20-7-4-16(5-8-20)23-15-32-24(29-19-3-2-10-26-14-19)30(23)28-13-17-12-27-22-9-6-18(25)11-21(17)22/h2-15,27H,1H3. The minimum absolute atomic E-state index is 0.751. The van der Waals surface area contributed by atoms with Gasteiger partial charge in [-0.1, -0.05) is 15.9 Å². The van der Waals surface area contributed by atoms with Crippen LogP contribution in [0.2, 0.25) is 0 Å². The van der Waals surface area contributed by atoms with Gasteiger partial charge in [0.05, 0.1) is 30.9 Å². The van der Waals surface area contributed by atoms with Crippen molar-refractivity contribution in [2.24, 2.45) is 10.1 Å². The summed E-state index contributed by atoms with van der Waals surface area (Å²) in [5.41, 5.74) is 4.79. The predicted octanol–water partition coefficient (Wildman–Crippen LogP) is 5.98. The molecular weight excluding hydrogens is 486 g/mol. The van der Waals surface area contributed by atoms with E-state index in [1.54, 1.807) is 19.5 Å². The fraction of sp³-hybridized carbons (Fsp3) is 0.0417. The third-order valence-corrected chi connectivity index (χ3v) is 6.24. The quantitative estimate of drug-likeness (QED) is 0.299. The number of nitrogens with zero attached hydrogens (tertiary/aromatic N) is 4. The van der Waals surface area contributed by atoms with Gasteiger partial charge in [0.15, 0.2) is 0 Å². The number of hydrogen-bond donors (Lipinski definition) is 1. The highest BCUT2D eigenvalue weighted by molar-refractivity contribution is 9.10. The number of rotatable bonds is 5. The van der Waals surface area contributed by atoms with Gasteiger partial charge >= 0.3 is 0 Å². The van der Waals surface area contributed by atoms with Gasteiger partial charge in [-0.3, -0.25) is 4.98 Å². The molecular formula is C24H18BrN5OS. The molecule has 0 bridgehead atoms. The van der Waals surface area contributed by atoms with Crippen molar-refractivity contribution in [3.05, 3.63) is 93.4 Å². The molecule has 0 unspecified atom stereocenters. The van der Waals surface area contributed by atoms with Gasteiger partial charge in [0.25, 0.3) is 0 Å². The smallest absolute Gasteiger partial charge is 0.211 e. The lowest BCUT2D eigenvalue weighted by Gasteiger charge is -2.05. The number of halogens is 1. The fourth-order valence-corrected chi connectivity index (χ4v) is 4.54. The summed E-state index contributed by atoms with van der Waals surface area (Å²) in [6.45, 7) is 0. The van der Waals surface area contributed by atoms with Crippen LogP contribution < -0.4 is 9.54 Å². The lowest BCUT2D eigenvalue weighted by Crippen LogP contribution is -2.11. The third-order valence-electron chi connectivity index (χ3n) is 4.93. The molecule has 0 aliphatic heterocycles. The molecule has 0 aliphatic carbocycles. The van der Waals surface area contributed by atoms with Gasteiger partial charge in [-0.25, -0.2) is 9.67 Å². The molecule has 3 aromatic heterocycles. The Morgan fingerprint density at radius 2 is 2.03 bits per heavy atom. The number of aromatic nitrogens is 3. The number of pyridine rings is 1. The number of H-pyrrole nitrogens is 1. The highest BCUT2D eigenvalue weighted by Crippen LogP contribution is 2.25. The Balaban J connectivity index is 1.63. The lowest BCUT2D eigenvalue weighted by atomic mass is 10.2. The molecule has 32 heavy (non-hydrogen) atoms. The number of benzene rings is 2. The molecule has 0 radical (unpaired) electrons. The van der Waals surface area contributed by atoms with Crippen molar-refractivity contribution in [1.29, 1.82) is 0 Å². The number of ether oxygens (including phenoxy) is 1. The zero-order chi connectivity index (χ0) is 21.9. The summed E-state index contributed by atoms with van der Waals surface area (Å²) in [5, 5.41) is 7.97. The first kappa shape index (κ1) is 20.4. The predicted molar refractivity (Wildman–Crippen MR) is 133 cm³/mol. The van der Waals surface area contributed by atoms with E-state index in [2.05, 4.69) is 37.3 Å². The Kier molecular flexibility index (Phi) is 5.70. The Hall–Kier alpha value is -3.49. The molecule has 2 aromatic carbocycles. The van der Waals surface area contributed by atoms with Gasteiger partial charge < -0.3 is 9.72 Å². The van der Waals surface area contributed by atoms with Crippen molar-refractivity contribution in [2.45, 2.75) is 0 Å². The number of nitrogens with one attached hydrogen (secondary N) is 1. The summed E-state index contributed by atoms with van der Waals surface area (Å²) in [7, 11) is 1.66. The number of hydrogen-bond acceptors (Lipinski definition) is 5. The van der Waals surface area contributed by atoms with Crippen LogP contribution in [0, 0.1) is 0 Å². The van der Waals surface area contributed by atoms with Gasteiger partial charge in [-0.2, -0.15) is 5.10 Å². The van der Waals surface area contributed by atoms with Crippen LogP contribution in [0.25, 0.3) is 22.2 Å². The molecule has 0 spiro atoms. The molecule has 5 aromatic rings. The SMILES string of the molecule is COc1ccc(-c2csc(=Nc3cccnc3)n2N=Cc2c[nH]c3ccc(Br)cc23)cc1. The van der Waals surface area contributed by atoms with Crippen molar-refractivity contribution >= 4 is 50.1 Å². The molecule has 6 nitrogen and oxygen atoms in total. The Morgan fingerprint density at radius 1 is 1.16 bits per heavy atom. The van der Waals surface area contributed by atoms with Gasteiger partial charge in [0.2, 0.25) is 4.80 Å². The molecule has 0 fully saturated rings. The van der Waals surface area contributed by atoms with Gasteiger partial charge in [0.1, 0.15) is 5.75 Å². The maximum atomic E-state index is 5.30. The highest BCUT2D eigenvalue weighted by atomic mass is 79.9. The second-order valence-corrected chi connectivity index (χ2v) is 8.70. The number of aromatic amines is 1. The summed E-state index contributed by atoms with van der Waals surface area (Å²) in [6.07, 6.45) is 7.28. The molecule has 5 rings (SSSR count). The second kappa shape index (κ2) is 8.94. The van der Waals surface area contributed by atoms with Crippen LogP contribution in [-0.2, 0) is 0 Å². The second-order valence-electron chi connectivity index (χ2n) is 6.95. The van der Waals surface area contributed by atoms with Crippen LogP contribution in [-0.4, -0.2) is 28.0 Å². The zero-order valence-electron chi connectivity index (χ0n) is 17.1. The average Bonchev–Trinajstić information content (AvgIpc) is 3.42. The van der Waals surface area contributed by atoms with Crippen LogP contribution in [0.1, 0.15) is 5.56 Å². The molecule has 0 atom stereocenters. The molecule has 0 amide bonds. The van der Waals surface area contributed by atoms with E-state index in [9.17, 15) is 0 Å². The van der Waals surface area contributed by atoms with E-state index in [-0.39, 0.29) is 0 Å². The maximum absolute atomic E-state index is 5.30. The molecule has 0 saturated heterocycles. The van der Waals surface area contributed by atoms with E-state index in [1.807, 2.05) is 65.6 Å². The summed E-state index contributed by atoms with van der Waals surface area (Å²) in [5.74, 6) is 0.809. The van der Waals surface area contributed by atoms with Gasteiger partial charge in [-0.05, 0) is 54.6 Å². The Morgan fingerprint density at radius 3 is 2.81 bits per heavy atom. The maximum Gasteiger partial charge on any atom is 0.211 e. The van der Waals surface area contributed by atoms with Crippen LogP contribution in [0.5, 0.6) is 5.75 Å². The minimum Gasteiger partial charge on any atom is -0.497 e. The Bertz CT molecular complexity index is 1470. The van der Waals surface area contributed by atoms with Crippen molar-refractivity contribution in [1.82, 2.24) is 14.6 Å². The monoisotopic (exact) mass is 503 g/mol. The van der Waals surface area contributed by atoms with E-state index < -0.39 is 0 Å². The zero-order valence-corrected chi connectivity index (χ0v) is 19.5. The Labute approximate surface area is 196 Å². The van der Waals surface area contributed by atoms with Crippen LogP contribution >= 0.6 is 27.3 Å². The van der Waals surface area contributed by atoms with Crippen LogP contribution in [0.15, 0.2) is 93.1 Å². The van der Waals surface area contributed by atoms with Crippen molar-refractivity contribution in [3.63, 3.8) is 0 Å². The van der Waals surface area contributed by atoms with Crippen molar-refractivity contribution in [2.75, 3.05) is 7.11 Å². The molecule has 158 valence electrons. The largest absolute Gasteiger partial charge is 0.497 e. The summed E-state index contributed by atoms with van der Waals surface area (Å²) in [6, 6.07) is 17.8. The van der Waals surface area contributed by atoms with E-state index in [0.717, 1.165) is 48.4 Å². The molecule has 8 heteroatoms. The average molecular weight is 504 g/mol. The number of thiazole rings is 1. The third kappa shape index (κ3) is 4.15. The first-order valence-electron chi connectivity index (χ1n) is 9.82. The van der Waals surface area contributed by atoms with Crippen molar-refractivity contribution < 1.29 is 4.74 Å². The first-order chi connectivity index (χ1) is 15.7. The molecule has 3 heterocycles. The highest BCUT2D eigenvalue weighted by Gasteiger charge is 2.09. The van der Waals surface area contributed by atoms with Crippen LogP contribution in [0.3, 0.4) is 0 Å². The number of methoxy groups -OCH3 is 1. The van der Waals surface area contributed by atoms with Crippen molar-refractivity contribution in [3.8, 4) is 17.0 Å². The minimum atomic E-state index is 0.751. The van der Waals surface area contributed by atoms with Gasteiger partial charge in [-0.15, -0.1) is 11.3 Å². The topological polar surface area (TPSA) is 67.6 Å². The first-order valence-corrected chi connectivity index (χ1v) is 11.5. The summed E-state index contributed by atoms with van der Waals surface area (Å²) < 4.78 is 8.18. The lowest BCUT2D eigenvalue weighted by molar-refractivity contribution is 0.415. The molecule has 0 saturated carbocycles. The van der Waals surface area contributed by atoms with Gasteiger partial charge in [0, 0.05) is 44.3 Å². The van der Waals surface area contributed by atoms with Crippen LogP contribution in [0.4, 0.5) is 5.69 Å². The normalized spacial score (nSPS) is 12.1.